The molecule has 1 saturated heterocycles. The average Bonchev–Trinajstić information content (AvgIpc) is 2.82. The summed E-state index contributed by atoms with van der Waals surface area (Å²) in [6, 6.07) is 9.66. The topological polar surface area (TPSA) is 24.5 Å². The van der Waals surface area contributed by atoms with Crippen molar-refractivity contribution in [2.75, 3.05) is 30.0 Å². The number of hydrogen-bond donors (Lipinski definition) is 1. The monoisotopic (exact) mass is 218 g/mol. The number of nitrogens with one attached hydrogen (secondary N) is 1. The third kappa shape index (κ3) is 1.55. The Morgan fingerprint density at radius 3 is 3.06 bits per heavy atom. The smallest absolute Gasteiger partial charge is 0.0671 e. The van der Waals surface area contributed by atoms with Gasteiger partial charge in [0.05, 0.1) is 24.0 Å². The zero-order valence-corrected chi connectivity index (χ0v) is 9.65. The summed E-state index contributed by atoms with van der Waals surface area (Å²) < 4.78 is 5.51. The first-order chi connectivity index (χ1) is 7.86. The fourth-order valence-electron chi connectivity index (χ4n) is 2.74. The molecule has 0 radical (unpaired) electrons. The number of fused-ring (bicyclic) bond motifs is 1. The van der Waals surface area contributed by atoms with Gasteiger partial charge in [0, 0.05) is 19.2 Å². The molecule has 3 heteroatoms. The van der Waals surface area contributed by atoms with Crippen LogP contribution in [0.3, 0.4) is 0 Å². The molecule has 2 atom stereocenters. The van der Waals surface area contributed by atoms with Crippen LogP contribution in [0.2, 0.25) is 0 Å². The van der Waals surface area contributed by atoms with E-state index in [9.17, 15) is 0 Å². The fourth-order valence-corrected chi connectivity index (χ4v) is 2.74. The van der Waals surface area contributed by atoms with Gasteiger partial charge in [-0.3, -0.25) is 0 Å². The highest BCUT2D eigenvalue weighted by Gasteiger charge is 2.31. The molecule has 2 aliphatic heterocycles. The Bertz CT molecular complexity index is 374. The molecule has 3 rings (SSSR count). The van der Waals surface area contributed by atoms with Crippen LogP contribution in [0.4, 0.5) is 11.4 Å². The number of ether oxygens (including phenoxy) is 1. The van der Waals surface area contributed by atoms with Gasteiger partial charge in [-0.2, -0.15) is 0 Å². The van der Waals surface area contributed by atoms with Gasteiger partial charge in [-0.05, 0) is 25.5 Å². The first-order valence-electron chi connectivity index (χ1n) is 6.05. The number of rotatable bonds is 1. The minimum Gasteiger partial charge on any atom is -0.381 e. The van der Waals surface area contributed by atoms with Gasteiger partial charge in [-0.25, -0.2) is 0 Å². The van der Waals surface area contributed by atoms with Gasteiger partial charge in [0.2, 0.25) is 0 Å². The lowest BCUT2D eigenvalue weighted by atomic mass is 10.1. The van der Waals surface area contributed by atoms with Crippen molar-refractivity contribution in [3.8, 4) is 0 Å². The van der Waals surface area contributed by atoms with Crippen LogP contribution in [0.1, 0.15) is 13.3 Å². The molecule has 1 fully saturated rings. The van der Waals surface area contributed by atoms with Gasteiger partial charge in [0.25, 0.3) is 0 Å². The normalized spacial score (nSPS) is 28.7. The summed E-state index contributed by atoms with van der Waals surface area (Å²) >= 11 is 0. The van der Waals surface area contributed by atoms with Gasteiger partial charge in [0.15, 0.2) is 0 Å². The zero-order valence-electron chi connectivity index (χ0n) is 9.65. The maximum atomic E-state index is 5.51. The van der Waals surface area contributed by atoms with E-state index in [1.807, 2.05) is 0 Å². The minimum absolute atomic E-state index is 0.543. The van der Waals surface area contributed by atoms with E-state index in [0.29, 0.717) is 12.1 Å². The van der Waals surface area contributed by atoms with Crippen LogP contribution in [-0.2, 0) is 4.74 Å². The molecule has 16 heavy (non-hydrogen) atoms. The molecular formula is C13H18N2O. The standard InChI is InChI=1S/C13H18N2O/c1-10-8-14-12-4-2-3-5-13(12)15(10)11-6-7-16-9-11/h2-5,10-11,14H,6-9H2,1H3. The highest BCUT2D eigenvalue weighted by molar-refractivity contribution is 5.73. The summed E-state index contributed by atoms with van der Waals surface area (Å²) in [5.41, 5.74) is 2.59. The Hall–Kier alpha value is -1.22. The van der Waals surface area contributed by atoms with Crippen LogP contribution in [0, 0.1) is 0 Å². The molecule has 0 aromatic heterocycles. The molecule has 0 aliphatic carbocycles. The molecule has 0 bridgehead atoms. The molecular weight excluding hydrogens is 200 g/mol. The highest BCUT2D eigenvalue weighted by atomic mass is 16.5. The van der Waals surface area contributed by atoms with Crippen molar-refractivity contribution in [2.45, 2.75) is 25.4 Å². The Morgan fingerprint density at radius 2 is 2.25 bits per heavy atom. The molecule has 2 aliphatic rings. The van der Waals surface area contributed by atoms with Crippen molar-refractivity contribution >= 4 is 11.4 Å². The summed E-state index contributed by atoms with van der Waals surface area (Å²) in [5.74, 6) is 0. The number of anilines is 2. The number of nitrogens with zero attached hydrogens (tertiary/aromatic N) is 1. The van der Waals surface area contributed by atoms with Crippen LogP contribution >= 0.6 is 0 Å². The van der Waals surface area contributed by atoms with Gasteiger partial charge in [-0.1, -0.05) is 12.1 Å². The van der Waals surface area contributed by atoms with E-state index in [-0.39, 0.29) is 0 Å². The predicted octanol–water partition coefficient (Wildman–Crippen LogP) is 2.10. The summed E-state index contributed by atoms with van der Waals surface area (Å²) in [7, 11) is 0. The van der Waals surface area contributed by atoms with E-state index in [4.69, 9.17) is 4.74 Å². The van der Waals surface area contributed by atoms with Gasteiger partial charge >= 0.3 is 0 Å². The van der Waals surface area contributed by atoms with E-state index in [2.05, 4.69) is 41.4 Å². The Balaban J connectivity index is 1.96. The fraction of sp³-hybridized carbons (Fsp3) is 0.538. The molecule has 2 unspecified atom stereocenters. The second-order valence-corrected chi connectivity index (χ2v) is 4.67. The van der Waals surface area contributed by atoms with Crippen LogP contribution < -0.4 is 10.2 Å². The SMILES string of the molecule is CC1CNc2ccccc2N1C1CCOC1. The van der Waals surface area contributed by atoms with Gasteiger partial charge < -0.3 is 15.0 Å². The Labute approximate surface area is 96.4 Å². The molecule has 86 valence electrons. The van der Waals surface area contributed by atoms with Crippen molar-refractivity contribution < 1.29 is 4.74 Å². The zero-order chi connectivity index (χ0) is 11.0. The molecule has 0 amide bonds. The van der Waals surface area contributed by atoms with Crippen LogP contribution in [0.25, 0.3) is 0 Å². The molecule has 2 heterocycles. The lowest BCUT2D eigenvalue weighted by molar-refractivity contribution is 0.192. The summed E-state index contributed by atoms with van der Waals surface area (Å²) in [5, 5.41) is 3.48. The third-order valence-corrected chi connectivity index (χ3v) is 3.54. The number of para-hydroxylation sites is 2. The molecule has 1 aromatic carbocycles. The Morgan fingerprint density at radius 1 is 1.38 bits per heavy atom. The van der Waals surface area contributed by atoms with E-state index < -0.39 is 0 Å². The Kier molecular flexibility index (Phi) is 2.48. The van der Waals surface area contributed by atoms with Gasteiger partial charge in [-0.15, -0.1) is 0 Å². The van der Waals surface area contributed by atoms with Crippen molar-refractivity contribution in [3.63, 3.8) is 0 Å². The van der Waals surface area contributed by atoms with E-state index in [0.717, 1.165) is 26.2 Å². The first-order valence-corrected chi connectivity index (χ1v) is 6.05. The first kappa shape index (κ1) is 9.97. The van der Waals surface area contributed by atoms with Crippen LogP contribution in [0.5, 0.6) is 0 Å². The maximum Gasteiger partial charge on any atom is 0.0671 e. The molecule has 0 saturated carbocycles. The largest absolute Gasteiger partial charge is 0.381 e. The average molecular weight is 218 g/mol. The molecule has 1 N–H and O–H groups in total. The summed E-state index contributed by atoms with van der Waals surface area (Å²) in [6.07, 6.45) is 1.15. The lowest BCUT2D eigenvalue weighted by Crippen LogP contribution is -2.48. The third-order valence-electron chi connectivity index (χ3n) is 3.54. The van der Waals surface area contributed by atoms with Crippen molar-refractivity contribution in [1.29, 1.82) is 0 Å². The van der Waals surface area contributed by atoms with Crippen LogP contribution in [0.15, 0.2) is 24.3 Å². The predicted molar refractivity (Wildman–Crippen MR) is 66.1 cm³/mol. The van der Waals surface area contributed by atoms with E-state index in [1.165, 1.54) is 11.4 Å². The van der Waals surface area contributed by atoms with Crippen molar-refractivity contribution in [1.82, 2.24) is 0 Å². The molecule has 3 nitrogen and oxygen atoms in total. The second kappa shape index (κ2) is 3.98. The number of hydrogen-bond acceptors (Lipinski definition) is 3. The van der Waals surface area contributed by atoms with E-state index >= 15 is 0 Å². The molecule has 1 aromatic rings. The van der Waals surface area contributed by atoms with Crippen molar-refractivity contribution in [3.05, 3.63) is 24.3 Å². The van der Waals surface area contributed by atoms with Crippen LogP contribution in [-0.4, -0.2) is 31.8 Å². The maximum absolute atomic E-state index is 5.51. The quantitative estimate of drug-likeness (QED) is 0.781. The molecule has 0 spiro atoms. The summed E-state index contributed by atoms with van der Waals surface area (Å²) in [6.45, 7) is 5.08. The van der Waals surface area contributed by atoms with Gasteiger partial charge in [0.1, 0.15) is 0 Å². The summed E-state index contributed by atoms with van der Waals surface area (Å²) in [4.78, 5) is 2.53. The van der Waals surface area contributed by atoms with Crippen molar-refractivity contribution in [2.24, 2.45) is 0 Å². The number of benzene rings is 1. The highest BCUT2D eigenvalue weighted by Crippen LogP contribution is 2.34. The minimum atomic E-state index is 0.543. The van der Waals surface area contributed by atoms with E-state index in [1.54, 1.807) is 0 Å². The second-order valence-electron chi connectivity index (χ2n) is 4.67. The lowest BCUT2D eigenvalue weighted by Gasteiger charge is -2.41.